The normalized spacial score (nSPS) is 25.6. The summed E-state index contributed by atoms with van der Waals surface area (Å²) in [6, 6.07) is 10.0. The molecule has 1 aliphatic rings. The molecule has 1 heterocycles. The molecule has 0 aromatic heterocycles. The fraction of sp³-hybridized carbons (Fsp3) is 0.500. The highest BCUT2D eigenvalue weighted by Crippen LogP contribution is 2.13. The smallest absolute Gasteiger partial charge is 0.238 e. The molecule has 2 rings (SSSR count). The van der Waals surface area contributed by atoms with E-state index in [9.17, 15) is 4.79 Å². The van der Waals surface area contributed by atoms with Crippen LogP contribution in [0.4, 0.5) is 0 Å². The summed E-state index contributed by atoms with van der Waals surface area (Å²) in [5, 5.41) is 2.95. The number of hydrogen-bond acceptors (Lipinski definition) is 3. The van der Waals surface area contributed by atoms with Crippen LogP contribution in [0.5, 0.6) is 0 Å². The van der Waals surface area contributed by atoms with Crippen LogP contribution in [0.25, 0.3) is 0 Å². The minimum absolute atomic E-state index is 0.0535. The lowest BCUT2D eigenvalue weighted by Gasteiger charge is -2.28. The molecule has 0 radical (unpaired) electrons. The molecule has 0 aliphatic carbocycles. The number of carbonyl (C=O) groups excluding carboxylic acids is 1. The van der Waals surface area contributed by atoms with Crippen molar-refractivity contribution < 1.29 is 4.79 Å². The average Bonchev–Trinajstić information content (AvgIpc) is 2.50. The molecule has 1 aromatic rings. The molecule has 4 nitrogen and oxygen atoms in total. The molecule has 18 heavy (non-hydrogen) atoms. The highest BCUT2D eigenvalue weighted by atomic mass is 16.2. The van der Waals surface area contributed by atoms with Gasteiger partial charge in [-0.3, -0.25) is 9.69 Å². The summed E-state index contributed by atoms with van der Waals surface area (Å²) in [6.07, 6.45) is 0. The summed E-state index contributed by atoms with van der Waals surface area (Å²) in [6.45, 7) is 4.93. The molecule has 1 aromatic carbocycles. The van der Waals surface area contributed by atoms with Gasteiger partial charge in [0.1, 0.15) is 6.04 Å². The van der Waals surface area contributed by atoms with Gasteiger partial charge in [-0.2, -0.15) is 0 Å². The Morgan fingerprint density at radius 3 is 2.78 bits per heavy atom. The van der Waals surface area contributed by atoms with Crippen molar-refractivity contribution in [3.8, 4) is 0 Å². The quantitative estimate of drug-likeness (QED) is 0.821. The third-order valence-corrected chi connectivity index (χ3v) is 3.37. The Balaban J connectivity index is 2.13. The minimum atomic E-state index is -0.213. The van der Waals surface area contributed by atoms with E-state index in [0.29, 0.717) is 12.5 Å². The van der Waals surface area contributed by atoms with Gasteiger partial charge in [-0.1, -0.05) is 37.3 Å². The van der Waals surface area contributed by atoms with Crippen molar-refractivity contribution in [2.45, 2.75) is 19.5 Å². The monoisotopic (exact) mass is 247 g/mol. The lowest BCUT2D eigenvalue weighted by atomic mass is 10.1. The summed E-state index contributed by atoms with van der Waals surface area (Å²) in [4.78, 5) is 14.1. The highest BCUT2D eigenvalue weighted by Gasteiger charge is 2.29. The summed E-state index contributed by atoms with van der Waals surface area (Å²) in [7, 11) is 0. The van der Waals surface area contributed by atoms with Crippen molar-refractivity contribution in [3.63, 3.8) is 0 Å². The molecular formula is C14H21N3O. The fourth-order valence-corrected chi connectivity index (χ4v) is 2.40. The van der Waals surface area contributed by atoms with Crippen LogP contribution in [0.15, 0.2) is 30.3 Å². The van der Waals surface area contributed by atoms with E-state index in [4.69, 9.17) is 5.73 Å². The highest BCUT2D eigenvalue weighted by molar-refractivity contribution is 5.82. The number of rotatable bonds is 3. The average molecular weight is 247 g/mol. The molecule has 1 saturated heterocycles. The van der Waals surface area contributed by atoms with Crippen LogP contribution < -0.4 is 11.1 Å². The Kier molecular flexibility index (Phi) is 4.33. The number of amides is 1. The van der Waals surface area contributed by atoms with E-state index in [1.165, 1.54) is 5.56 Å². The Bertz CT molecular complexity index is 393. The molecule has 0 saturated carbocycles. The second-order valence-electron chi connectivity index (χ2n) is 5.02. The first-order chi connectivity index (χ1) is 8.70. The zero-order valence-corrected chi connectivity index (χ0v) is 10.8. The third kappa shape index (κ3) is 3.09. The summed E-state index contributed by atoms with van der Waals surface area (Å²) < 4.78 is 0. The van der Waals surface area contributed by atoms with E-state index in [2.05, 4.69) is 29.3 Å². The van der Waals surface area contributed by atoms with Gasteiger partial charge in [0, 0.05) is 26.2 Å². The first-order valence-electron chi connectivity index (χ1n) is 6.46. The van der Waals surface area contributed by atoms with E-state index >= 15 is 0 Å². The van der Waals surface area contributed by atoms with Crippen LogP contribution in [0.2, 0.25) is 0 Å². The number of hydrogen-bond donors (Lipinski definition) is 2. The minimum Gasteiger partial charge on any atom is -0.354 e. The van der Waals surface area contributed by atoms with E-state index < -0.39 is 0 Å². The van der Waals surface area contributed by atoms with Crippen LogP contribution in [0, 0.1) is 5.92 Å². The molecule has 4 heteroatoms. The third-order valence-electron chi connectivity index (χ3n) is 3.37. The van der Waals surface area contributed by atoms with E-state index in [1.54, 1.807) is 0 Å². The molecule has 98 valence electrons. The predicted octanol–water partition coefficient (Wildman–Crippen LogP) is 0.582. The lowest BCUT2D eigenvalue weighted by Crippen LogP contribution is -2.48. The zero-order valence-electron chi connectivity index (χ0n) is 10.8. The van der Waals surface area contributed by atoms with E-state index in [0.717, 1.165) is 19.6 Å². The molecule has 0 bridgehead atoms. The summed E-state index contributed by atoms with van der Waals surface area (Å²) >= 11 is 0. The van der Waals surface area contributed by atoms with Gasteiger partial charge in [0.15, 0.2) is 0 Å². The molecule has 1 fully saturated rings. The Hall–Kier alpha value is -1.39. The fourth-order valence-electron chi connectivity index (χ4n) is 2.40. The molecule has 0 spiro atoms. The van der Waals surface area contributed by atoms with Gasteiger partial charge in [-0.25, -0.2) is 0 Å². The van der Waals surface area contributed by atoms with E-state index in [1.807, 2.05) is 18.2 Å². The summed E-state index contributed by atoms with van der Waals surface area (Å²) in [5.74, 6) is 0.506. The number of benzene rings is 1. The van der Waals surface area contributed by atoms with E-state index in [-0.39, 0.29) is 11.9 Å². The number of nitrogens with two attached hydrogens (primary N) is 1. The van der Waals surface area contributed by atoms with Crippen LogP contribution in [-0.4, -0.2) is 36.5 Å². The predicted molar refractivity (Wildman–Crippen MR) is 71.9 cm³/mol. The molecule has 2 unspecified atom stereocenters. The standard InChI is InChI=1S/C14H21N3O/c1-11-8-16-14(18)13(7-15)17(9-11)10-12-5-3-2-4-6-12/h2-6,11,13H,7-10,15H2,1H3,(H,16,18). The number of nitrogens with one attached hydrogen (secondary N) is 1. The van der Waals surface area contributed by atoms with Crippen molar-refractivity contribution in [3.05, 3.63) is 35.9 Å². The van der Waals surface area contributed by atoms with Gasteiger partial charge in [0.05, 0.1) is 0 Å². The van der Waals surface area contributed by atoms with Crippen LogP contribution in [0.3, 0.4) is 0 Å². The van der Waals surface area contributed by atoms with Crippen LogP contribution >= 0.6 is 0 Å². The Morgan fingerprint density at radius 1 is 1.39 bits per heavy atom. The number of nitrogens with zero attached hydrogens (tertiary/aromatic N) is 1. The topological polar surface area (TPSA) is 58.4 Å². The van der Waals surface area contributed by atoms with Crippen molar-refractivity contribution in [2.75, 3.05) is 19.6 Å². The zero-order chi connectivity index (χ0) is 13.0. The Labute approximate surface area is 108 Å². The van der Waals surface area contributed by atoms with Gasteiger partial charge in [0.25, 0.3) is 0 Å². The van der Waals surface area contributed by atoms with Crippen LogP contribution in [0.1, 0.15) is 12.5 Å². The SMILES string of the molecule is CC1CNC(=O)C(CN)N(Cc2ccccc2)C1. The molecule has 3 N–H and O–H groups in total. The second-order valence-corrected chi connectivity index (χ2v) is 5.02. The van der Waals surface area contributed by atoms with Gasteiger partial charge >= 0.3 is 0 Å². The van der Waals surface area contributed by atoms with Crippen molar-refractivity contribution >= 4 is 5.91 Å². The van der Waals surface area contributed by atoms with Gasteiger partial charge in [-0.05, 0) is 11.5 Å². The first kappa shape index (κ1) is 13.1. The second kappa shape index (κ2) is 5.98. The maximum absolute atomic E-state index is 12.0. The molecular weight excluding hydrogens is 226 g/mol. The maximum atomic E-state index is 12.0. The summed E-state index contributed by atoms with van der Waals surface area (Å²) in [5.41, 5.74) is 6.97. The maximum Gasteiger partial charge on any atom is 0.238 e. The van der Waals surface area contributed by atoms with Crippen molar-refractivity contribution in [1.29, 1.82) is 0 Å². The Morgan fingerprint density at radius 2 is 2.11 bits per heavy atom. The van der Waals surface area contributed by atoms with Gasteiger partial charge < -0.3 is 11.1 Å². The lowest BCUT2D eigenvalue weighted by molar-refractivity contribution is -0.125. The van der Waals surface area contributed by atoms with Crippen molar-refractivity contribution in [1.82, 2.24) is 10.2 Å². The molecule has 1 aliphatic heterocycles. The number of carbonyl (C=O) groups is 1. The van der Waals surface area contributed by atoms with Gasteiger partial charge in [-0.15, -0.1) is 0 Å². The first-order valence-corrected chi connectivity index (χ1v) is 6.46. The van der Waals surface area contributed by atoms with Gasteiger partial charge in [0.2, 0.25) is 5.91 Å². The molecule has 1 amide bonds. The van der Waals surface area contributed by atoms with Crippen molar-refractivity contribution in [2.24, 2.45) is 11.7 Å². The van der Waals surface area contributed by atoms with Crippen LogP contribution in [-0.2, 0) is 11.3 Å². The molecule has 2 atom stereocenters. The largest absolute Gasteiger partial charge is 0.354 e.